The SMILES string of the molecule is CC(C)c1cc(-n2c3[c-]c(Oc4[c-]c(-n5[c-][n+](-c6c(-c7ccccc7)cccc6-c6ccccc6)c6ccccc65)ccc4)ccc3c3ccccc32)ncc1-c1ccccc1.[Pt]. The predicted octanol–water partition coefficient (Wildman–Crippen LogP) is 13.7. The first-order valence-corrected chi connectivity index (χ1v) is 21.0. The van der Waals surface area contributed by atoms with E-state index in [1.165, 1.54) is 5.56 Å². The molecule has 0 bridgehead atoms. The van der Waals surface area contributed by atoms with Crippen molar-refractivity contribution in [3.63, 3.8) is 0 Å². The van der Waals surface area contributed by atoms with Crippen LogP contribution in [0.15, 0.2) is 200 Å². The van der Waals surface area contributed by atoms with E-state index in [0.717, 1.165) is 83.4 Å². The number of fused-ring (bicyclic) bond motifs is 4. The van der Waals surface area contributed by atoms with Crippen molar-refractivity contribution in [3.8, 4) is 62.1 Å². The molecule has 0 spiro atoms. The van der Waals surface area contributed by atoms with Gasteiger partial charge in [-0.2, -0.15) is 18.2 Å². The van der Waals surface area contributed by atoms with Crippen LogP contribution in [-0.2, 0) is 21.1 Å². The fourth-order valence-corrected chi connectivity index (χ4v) is 8.72. The summed E-state index contributed by atoms with van der Waals surface area (Å²) in [5, 5.41) is 2.21. The molecule has 0 aliphatic rings. The number of imidazole rings is 1. The summed E-state index contributed by atoms with van der Waals surface area (Å²) in [5.74, 6) is 2.29. The average Bonchev–Trinajstić information content (AvgIpc) is 3.88. The molecule has 63 heavy (non-hydrogen) atoms. The molecule has 6 heteroatoms. The second-order valence-corrected chi connectivity index (χ2v) is 15.8. The molecule has 8 aromatic carbocycles. The van der Waals surface area contributed by atoms with E-state index >= 15 is 0 Å². The largest absolute Gasteiger partial charge is 0.510 e. The van der Waals surface area contributed by atoms with Gasteiger partial charge in [-0.05, 0) is 62.5 Å². The van der Waals surface area contributed by atoms with Crippen LogP contribution in [0, 0.1) is 18.5 Å². The van der Waals surface area contributed by atoms with E-state index in [1.807, 2.05) is 36.5 Å². The monoisotopic (exact) mass is 991 g/mol. The van der Waals surface area contributed by atoms with Crippen LogP contribution in [0.5, 0.6) is 11.5 Å². The fourth-order valence-electron chi connectivity index (χ4n) is 8.72. The number of pyridine rings is 1. The number of hydrogen-bond acceptors (Lipinski definition) is 2. The number of rotatable bonds is 9. The van der Waals surface area contributed by atoms with Crippen LogP contribution in [0.4, 0.5) is 0 Å². The molecule has 0 amide bonds. The molecule has 0 aliphatic carbocycles. The number of nitrogens with zero attached hydrogens (tertiary/aromatic N) is 4. The third kappa shape index (κ3) is 7.25. The van der Waals surface area contributed by atoms with Crippen LogP contribution in [0.2, 0.25) is 0 Å². The zero-order valence-corrected chi connectivity index (χ0v) is 36.9. The van der Waals surface area contributed by atoms with Gasteiger partial charge in [-0.1, -0.05) is 171 Å². The number of aromatic nitrogens is 4. The van der Waals surface area contributed by atoms with E-state index in [9.17, 15) is 0 Å². The molecule has 0 fully saturated rings. The van der Waals surface area contributed by atoms with Crippen molar-refractivity contribution in [1.29, 1.82) is 0 Å². The van der Waals surface area contributed by atoms with Crippen LogP contribution >= 0.6 is 0 Å². The molecule has 306 valence electrons. The maximum atomic E-state index is 6.65. The van der Waals surface area contributed by atoms with E-state index < -0.39 is 0 Å². The zero-order chi connectivity index (χ0) is 41.6. The Hall–Kier alpha value is -7.33. The Morgan fingerprint density at radius 2 is 1.13 bits per heavy atom. The first kappa shape index (κ1) is 39.8. The Kier molecular flexibility index (Phi) is 10.6. The first-order valence-electron chi connectivity index (χ1n) is 21.0. The van der Waals surface area contributed by atoms with Gasteiger partial charge in [0.2, 0.25) is 0 Å². The molecule has 0 N–H and O–H groups in total. The predicted molar refractivity (Wildman–Crippen MR) is 250 cm³/mol. The van der Waals surface area contributed by atoms with Crippen molar-refractivity contribution in [2.45, 2.75) is 19.8 Å². The van der Waals surface area contributed by atoms with Gasteiger partial charge < -0.3 is 13.9 Å². The third-order valence-electron chi connectivity index (χ3n) is 11.6. The minimum atomic E-state index is 0. The molecule has 3 heterocycles. The second kappa shape index (κ2) is 16.9. The number of ether oxygens (including phenoxy) is 1. The molecule has 3 aromatic heterocycles. The molecule has 0 saturated carbocycles. The molecule has 5 nitrogen and oxygen atoms in total. The van der Waals surface area contributed by atoms with E-state index in [0.29, 0.717) is 17.4 Å². The summed E-state index contributed by atoms with van der Waals surface area (Å²) in [4.78, 5) is 5.08. The van der Waals surface area contributed by atoms with Crippen LogP contribution in [0.1, 0.15) is 25.3 Å². The Morgan fingerprint density at radius 1 is 0.540 bits per heavy atom. The Bertz CT molecular complexity index is 3350. The first-order chi connectivity index (χ1) is 30.6. The molecule has 0 radical (unpaired) electrons. The van der Waals surface area contributed by atoms with Crippen LogP contribution < -0.4 is 9.30 Å². The molecule has 0 atom stereocenters. The van der Waals surface area contributed by atoms with Gasteiger partial charge in [0, 0.05) is 49.8 Å². The molecule has 0 unspecified atom stereocenters. The van der Waals surface area contributed by atoms with E-state index in [4.69, 9.17) is 9.72 Å². The van der Waals surface area contributed by atoms with Crippen molar-refractivity contribution in [2.24, 2.45) is 0 Å². The normalized spacial score (nSPS) is 11.3. The summed E-state index contributed by atoms with van der Waals surface area (Å²) in [6.45, 7) is 4.47. The summed E-state index contributed by atoms with van der Waals surface area (Å²) >= 11 is 0. The van der Waals surface area contributed by atoms with Crippen molar-refractivity contribution in [3.05, 3.63) is 224 Å². The maximum absolute atomic E-state index is 6.65. The van der Waals surface area contributed by atoms with Crippen molar-refractivity contribution >= 4 is 32.8 Å². The summed E-state index contributed by atoms with van der Waals surface area (Å²) in [7, 11) is 0. The number of para-hydroxylation sites is 4. The van der Waals surface area contributed by atoms with Gasteiger partial charge in [0.15, 0.2) is 0 Å². The van der Waals surface area contributed by atoms with Gasteiger partial charge in [-0.15, -0.1) is 29.7 Å². The topological polar surface area (TPSA) is 35.9 Å². The molecule has 11 rings (SSSR count). The zero-order valence-electron chi connectivity index (χ0n) is 34.6. The molecule has 0 saturated heterocycles. The van der Waals surface area contributed by atoms with Gasteiger partial charge in [0.25, 0.3) is 6.33 Å². The van der Waals surface area contributed by atoms with Crippen LogP contribution in [0.3, 0.4) is 0 Å². The van der Waals surface area contributed by atoms with Gasteiger partial charge in [0.1, 0.15) is 5.82 Å². The average molecular weight is 992 g/mol. The molecule has 0 aliphatic heterocycles. The van der Waals surface area contributed by atoms with E-state index in [1.54, 1.807) is 0 Å². The minimum Gasteiger partial charge on any atom is -0.510 e. The van der Waals surface area contributed by atoms with Crippen molar-refractivity contribution in [2.75, 3.05) is 0 Å². The Morgan fingerprint density at radius 3 is 1.81 bits per heavy atom. The summed E-state index contributed by atoms with van der Waals surface area (Å²) in [5.41, 5.74) is 13.9. The summed E-state index contributed by atoms with van der Waals surface area (Å²) in [6.07, 6.45) is 5.76. The van der Waals surface area contributed by atoms with Crippen molar-refractivity contribution < 1.29 is 30.4 Å². The Labute approximate surface area is 381 Å². The van der Waals surface area contributed by atoms with E-state index in [-0.39, 0.29) is 21.1 Å². The second-order valence-electron chi connectivity index (χ2n) is 15.8. The van der Waals surface area contributed by atoms with Gasteiger partial charge >= 0.3 is 0 Å². The number of hydrogen-bond donors (Lipinski definition) is 0. The smallest absolute Gasteiger partial charge is 0.268 e. The van der Waals surface area contributed by atoms with Gasteiger partial charge in [0.05, 0.1) is 16.7 Å². The maximum Gasteiger partial charge on any atom is 0.268 e. The van der Waals surface area contributed by atoms with E-state index in [2.05, 4.69) is 210 Å². The Balaban J connectivity index is 0.00000471. The van der Waals surface area contributed by atoms with Crippen LogP contribution in [-0.4, -0.2) is 14.1 Å². The van der Waals surface area contributed by atoms with Crippen LogP contribution in [0.25, 0.3) is 83.4 Å². The van der Waals surface area contributed by atoms with Gasteiger partial charge in [-0.3, -0.25) is 4.57 Å². The summed E-state index contributed by atoms with van der Waals surface area (Å²) in [6, 6.07) is 74.6. The quantitative estimate of drug-likeness (QED) is 0.107. The van der Waals surface area contributed by atoms with Crippen molar-refractivity contribution in [1.82, 2.24) is 14.1 Å². The summed E-state index contributed by atoms with van der Waals surface area (Å²) < 4.78 is 13.1. The molecular formula is C57H40N4OPt-2. The third-order valence-corrected chi connectivity index (χ3v) is 11.6. The van der Waals surface area contributed by atoms with Gasteiger partial charge in [-0.25, -0.2) is 4.98 Å². The molecule has 11 aromatic rings. The fraction of sp³-hybridized carbons (Fsp3) is 0.0526. The molecular weight excluding hydrogens is 952 g/mol. The minimum absolute atomic E-state index is 0. The standard InChI is InChI=1S/C57H40N4O.Pt/c1-39(2)50-36-56(58-37-51(50)42-22-10-5-11-23-42)61-52-29-13-12-26-48(52)49-33-32-45(35-55(49)61)62-44-25-16-24-43(34-44)59-38-60(54-31-15-14-30-53(54)59)57-46(40-18-6-3-7-19-40)27-17-28-47(57)41-20-8-4-9-21-41;/h3-33,36-37,39H,1-2H3;/q-2;. The number of benzene rings is 8.